The topological polar surface area (TPSA) is 465 Å². The highest BCUT2D eigenvalue weighted by Gasteiger charge is 2.38. The number of unbranched alkanes of at least 4 members (excludes halogenated alkanes) is 4. The lowest BCUT2D eigenvalue weighted by Gasteiger charge is -2.34. The molecule has 0 spiro atoms. The van der Waals surface area contributed by atoms with Crippen LogP contribution in [0.25, 0.3) is 0 Å². The highest BCUT2D eigenvalue weighted by molar-refractivity contribution is 5.84. The number of ether oxygens (including phenoxy) is 3. The van der Waals surface area contributed by atoms with E-state index in [2.05, 4.69) is 10.6 Å². The summed E-state index contributed by atoms with van der Waals surface area (Å²) in [5.41, 5.74) is -2.12. The number of carbonyl (C=O) groups excluding carboxylic acids is 4. The molecule has 0 aliphatic rings. The minimum absolute atomic E-state index is 0.0670. The van der Waals surface area contributed by atoms with Gasteiger partial charge in [0, 0.05) is 56.0 Å². The highest BCUT2D eigenvalue weighted by Crippen LogP contribution is 2.31. The van der Waals surface area contributed by atoms with Crippen molar-refractivity contribution in [3.8, 4) is 0 Å². The van der Waals surface area contributed by atoms with Crippen molar-refractivity contribution in [3.63, 3.8) is 0 Å². The standard InChI is InChI=1S/C50H81N5O25/c1-49(2,3)37(57)23-50(30-78-20-15-33(56)11-5-4-6-12-34(46(72)73)53(24-40(60)61)25-41(62)63,31-79-21-16-38(58)51-18-9-7-13-35(47(74)75)54(26-42(64)65)27-43(66)67)32-80-22-17-39(59)52-19-10-8-14-36(48(76)77)55(28-44(68)69)29-45(70)71/h34-36H,4-32H2,1-3H3,(H,51,58)(H,52,59)(H,60,61)(H,62,63)(H,64,65)(H,66,67)(H,68,69)(H,70,71)(H,72,73)(H,74,75)(H,76,77). The first-order chi connectivity index (χ1) is 37.4. The van der Waals surface area contributed by atoms with E-state index in [-0.39, 0.29) is 148 Å². The van der Waals surface area contributed by atoms with Crippen LogP contribution >= 0.6 is 0 Å². The molecule has 0 bridgehead atoms. The Morgan fingerprint density at radius 3 is 0.988 bits per heavy atom. The average Bonchev–Trinajstić information content (AvgIpc) is 3.31. The Balaban J connectivity index is 5.85. The summed E-state index contributed by atoms with van der Waals surface area (Å²) in [5.74, 6) is -14.0. The fourth-order valence-electron chi connectivity index (χ4n) is 8.04. The monoisotopic (exact) mass is 1150 g/mol. The zero-order chi connectivity index (χ0) is 61.0. The van der Waals surface area contributed by atoms with E-state index in [1.54, 1.807) is 20.8 Å². The van der Waals surface area contributed by atoms with Crippen LogP contribution in [0.5, 0.6) is 0 Å². The predicted molar refractivity (Wildman–Crippen MR) is 274 cm³/mol. The Morgan fingerprint density at radius 1 is 0.400 bits per heavy atom. The first-order valence-electron chi connectivity index (χ1n) is 25.9. The Morgan fingerprint density at radius 2 is 0.700 bits per heavy atom. The van der Waals surface area contributed by atoms with Crippen molar-refractivity contribution < 1.29 is 122 Å². The average molecular weight is 1150 g/mol. The highest BCUT2D eigenvalue weighted by atomic mass is 16.5. The van der Waals surface area contributed by atoms with Gasteiger partial charge in [-0.2, -0.15) is 0 Å². The van der Waals surface area contributed by atoms with E-state index in [4.69, 9.17) is 44.8 Å². The van der Waals surface area contributed by atoms with E-state index in [1.807, 2.05) is 0 Å². The summed E-state index contributed by atoms with van der Waals surface area (Å²) in [6, 6.07) is -4.19. The summed E-state index contributed by atoms with van der Waals surface area (Å²) in [4.78, 5) is 157. The molecular weight excluding hydrogens is 1070 g/mol. The van der Waals surface area contributed by atoms with E-state index < -0.39 is 134 Å². The molecule has 0 aromatic rings. The minimum atomic E-state index is -1.41. The Labute approximate surface area is 462 Å². The van der Waals surface area contributed by atoms with Crippen LogP contribution in [0.15, 0.2) is 0 Å². The summed E-state index contributed by atoms with van der Waals surface area (Å²) >= 11 is 0. The van der Waals surface area contributed by atoms with Gasteiger partial charge in [-0.25, -0.2) is 0 Å². The van der Waals surface area contributed by atoms with Gasteiger partial charge in [0.2, 0.25) is 11.8 Å². The van der Waals surface area contributed by atoms with Crippen molar-refractivity contribution in [3.05, 3.63) is 0 Å². The third-order valence-electron chi connectivity index (χ3n) is 12.2. The molecule has 2 amide bonds. The van der Waals surface area contributed by atoms with Gasteiger partial charge in [-0.1, -0.05) is 33.6 Å². The molecule has 456 valence electrons. The largest absolute Gasteiger partial charge is 0.480 e. The first-order valence-corrected chi connectivity index (χ1v) is 25.9. The number of amides is 2. The summed E-state index contributed by atoms with van der Waals surface area (Å²) in [6.07, 6.45) is 1.01. The Bertz CT molecular complexity index is 1810. The molecule has 11 N–H and O–H groups in total. The number of carboxylic acids is 9. The smallest absolute Gasteiger partial charge is 0.320 e. The third-order valence-corrected chi connectivity index (χ3v) is 12.2. The van der Waals surface area contributed by atoms with Gasteiger partial charge < -0.3 is 70.8 Å². The fourth-order valence-corrected chi connectivity index (χ4v) is 8.04. The number of carboxylic acid groups (broad SMARTS) is 9. The molecule has 0 aliphatic carbocycles. The lowest BCUT2D eigenvalue weighted by Crippen LogP contribution is -2.46. The number of aliphatic carboxylic acids is 9. The molecule has 3 unspecified atom stereocenters. The normalized spacial score (nSPS) is 13.4. The molecule has 0 aliphatic heterocycles. The van der Waals surface area contributed by atoms with Gasteiger partial charge in [-0.15, -0.1) is 0 Å². The SMILES string of the molecule is CC(C)(C)C(=O)CC(COCCC(=O)CCCCCC(C(=O)O)N(CC(=O)O)CC(=O)O)(COCCC(=O)NCCCCC(C(=O)O)N(CC(=O)O)CC(=O)O)COCCC(=O)NCCCCC(C(=O)O)N(CC(=O)O)CC(=O)O. The molecule has 0 heterocycles. The zero-order valence-corrected chi connectivity index (χ0v) is 45.6. The molecule has 0 saturated heterocycles. The van der Waals surface area contributed by atoms with Gasteiger partial charge in [0.05, 0.1) is 78.9 Å². The van der Waals surface area contributed by atoms with E-state index in [9.17, 15) is 77.6 Å². The molecule has 30 nitrogen and oxygen atoms in total. The zero-order valence-electron chi connectivity index (χ0n) is 45.6. The number of carbonyl (C=O) groups is 13. The van der Waals surface area contributed by atoms with E-state index in [0.717, 1.165) is 14.7 Å². The van der Waals surface area contributed by atoms with Gasteiger partial charge in [0.25, 0.3) is 0 Å². The van der Waals surface area contributed by atoms with Crippen LogP contribution in [-0.4, -0.2) is 248 Å². The maximum absolute atomic E-state index is 13.6. The maximum atomic E-state index is 13.6. The quantitative estimate of drug-likeness (QED) is 0.0359. The van der Waals surface area contributed by atoms with Gasteiger partial charge in [0.15, 0.2) is 0 Å². The number of Topliss-reactive ketones (excluding diaryl/α,β-unsaturated/α-hetero) is 2. The number of ketones is 2. The number of nitrogens with zero attached hydrogens (tertiary/aromatic N) is 3. The van der Waals surface area contributed by atoms with E-state index >= 15 is 0 Å². The lowest BCUT2D eigenvalue weighted by molar-refractivity contribution is -0.152. The second-order valence-electron chi connectivity index (χ2n) is 20.2. The van der Waals surface area contributed by atoms with Crippen LogP contribution in [0.4, 0.5) is 0 Å². The number of hydrogen-bond donors (Lipinski definition) is 11. The summed E-state index contributed by atoms with van der Waals surface area (Å²) in [7, 11) is 0. The van der Waals surface area contributed by atoms with Crippen molar-refractivity contribution >= 4 is 77.1 Å². The van der Waals surface area contributed by atoms with Crippen LogP contribution in [-0.2, 0) is 76.5 Å². The molecule has 0 aromatic carbocycles. The second kappa shape index (κ2) is 39.6. The molecule has 0 rings (SSSR count). The van der Waals surface area contributed by atoms with Crippen LogP contribution in [0.2, 0.25) is 0 Å². The van der Waals surface area contributed by atoms with Crippen LogP contribution < -0.4 is 10.6 Å². The van der Waals surface area contributed by atoms with Gasteiger partial charge in [-0.3, -0.25) is 77.0 Å². The number of rotatable bonds is 51. The van der Waals surface area contributed by atoms with Crippen LogP contribution in [0.1, 0.15) is 117 Å². The minimum Gasteiger partial charge on any atom is -0.480 e. The summed E-state index contributed by atoms with van der Waals surface area (Å²) in [5, 5.41) is 89.0. The molecule has 30 heteroatoms. The van der Waals surface area contributed by atoms with Crippen molar-refractivity contribution in [2.24, 2.45) is 10.8 Å². The summed E-state index contributed by atoms with van der Waals surface area (Å²) < 4.78 is 17.9. The second-order valence-corrected chi connectivity index (χ2v) is 20.2. The van der Waals surface area contributed by atoms with E-state index in [0.29, 0.717) is 12.8 Å². The Hall–Kier alpha value is -6.73. The van der Waals surface area contributed by atoms with Crippen LogP contribution in [0, 0.1) is 10.8 Å². The Kier molecular flexibility index (Phi) is 36.3. The number of nitrogens with one attached hydrogen (secondary N) is 2. The van der Waals surface area contributed by atoms with E-state index in [1.165, 1.54) is 0 Å². The first kappa shape index (κ1) is 73.3. The van der Waals surface area contributed by atoms with Gasteiger partial charge in [-0.05, 0) is 51.4 Å². The molecule has 0 radical (unpaired) electrons. The van der Waals surface area contributed by atoms with Crippen molar-refractivity contribution in [2.75, 3.05) is 92.0 Å². The van der Waals surface area contributed by atoms with Crippen molar-refractivity contribution in [1.29, 1.82) is 0 Å². The maximum Gasteiger partial charge on any atom is 0.320 e. The van der Waals surface area contributed by atoms with Crippen molar-refractivity contribution in [1.82, 2.24) is 25.3 Å². The van der Waals surface area contributed by atoms with Crippen LogP contribution in [0.3, 0.4) is 0 Å². The molecule has 80 heavy (non-hydrogen) atoms. The van der Waals surface area contributed by atoms with Gasteiger partial charge >= 0.3 is 53.7 Å². The third kappa shape index (κ3) is 35.0. The fraction of sp³-hybridized carbons (Fsp3) is 0.740. The molecule has 3 atom stereocenters. The molecule has 0 saturated carbocycles. The van der Waals surface area contributed by atoms with Crippen molar-refractivity contribution in [2.45, 2.75) is 135 Å². The molecule has 0 aromatic heterocycles. The molecule has 0 fully saturated rings. The lowest BCUT2D eigenvalue weighted by atomic mass is 9.77. The van der Waals surface area contributed by atoms with Gasteiger partial charge in [0.1, 0.15) is 29.7 Å². The summed E-state index contributed by atoms with van der Waals surface area (Å²) in [6.45, 7) is -0.727. The molecular formula is C50H81N5O25. The number of hydrogen-bond acceptors (Lipinski definition) is 19. The predicted octanol–water partition coefficient (Wildman–Crippen LogP) is 0.0640.